The summed E-state index contributed by atoms with van der Waals surface area (Å²) in [5, 5.41) is 4.67. The maximum atomic E-state index is 13.2. The smallest absolute Gasteiger partial charge is 0.345 e. The van der Waals surface area contributed by atoms with Crippen molar-refractivity contribution in [2.45, 2.75) is 43.0 Å². The Hall–Kier alpha value is -3.13. The van der Waals surface area contributed by atoms with Gasteiger partial charge in [0.1, 0.15) is 0 Å². The molecule has 0 N–H and O–H groups in total. The van der Waals surface area contributed by atoms with Crippen LogP contribution in [0, 0.1) is 6.92 Å². The van der Waals surface area contributed by atoms with Crippen molar-refractivity contribution in [3.63, 3.8) is 0 Å². The van der Waals surface area contributed by atoms with E-state index in [0.29, 0.717) is 23.1 Å². The van der Waals surface area contributed by atoms with Crippen molar-refractivity contribution in [2.24, 2.45) is 0 Å². The first-order valence-corrected chi connectivity index (χ1v) is 10.9. The Labute approximate surface area is 192 Å². The van der Waals surface area contributed by atoms with Gasteiger partial charge in [0, 0.05) is 4.90 Å². The van der Waals surface area contributed by atoms with Crippen LogP contribution in [0.5, 0.6) is 23.1 Å². The first-order chi connectivity index (χ1) is 15.2. The van der Waals surface area contributed by atoms with Crippen molar-refractivity contribution >= 4 is 17.7 Å². The van der Waals surface area contributed by atoms with Gasteiger partial charge in [-0.15, -0.1) is 0 Å². The molecule has 0 amide bonds. The molecule has 0 saturated heterocycles. The second kappa shape index (κ2) is 9.56. The van der Waals surface area contributed by atoms with Gasteiger partial charge < -0.3 is 18.9 Å². The summed E-state index contributed by atoms with van der Waals surface area (Å²) in [6.07, 6.45) is 0. The van der Waals surface area contributed by atoms with Crippen LogP contribution in [0.15, 0.2) is 52.3 Å². The summed E-state index contributed by atoms with van der Waals surface area (Å²) in [4.78, 5) is 15.0. The molecule has 32 heavy (non-hydrogen) atoms. The molecule has 0 atom stereocenters. The minimum atomic E-state index is -0.551. The average Bonchev–Trinajstić information content (AvgIpc) is 3.08. The number of esters is 1. The molecule has 2 aromatic carbocycles. The number of carbonyl (C=O) groups is 1. The molecular weight excluding hydrogens is 428 g/mol. The van der Waals surface area contributed by atoms with Crippen LogP contribution in [0.25, 0.3) is 0 Å². The minimum Gasteiger partial charge on any atom is -0.493 e. The van der Waals surface area contributed by atoms with E-state index in [0.717, 1.165) is 15.5 Å². The number of aryl methyl sites for hydroxylation is 1. The van der Waals surface area contributed by atoms with Crippen LogP contribution in [-0.2, 0) is 5.54 Å². The van der Waals surface area contributed by atoms with E-state index < -0.39 is 11.5 Å². The highest BCUT2D eigenvalue weighted by Crippen LogP contribution is 2.41. The summed E-state index contributed by atoms with van der Waals surface area (Å²) in [6, 6.07) is 13.0. The Morgan fingerprint density at radius 1 is 0.969 bits per heavy atom. The molecule has 0 radical (unpaired) electrons. The van der Waals surface area contributed by atoms with Gasteiger partial charge in [-0.2, -0.15) is 5.10 Å². The Kier molecular flexibility index (Phi) is 7.03. The summed E-state index contributed by atoms with van der Waals surface area (Å²) in [5.74, 6) is 0.992. The number of aromatic nitrogens is 2. The van der Waals surface area contributed by atoms with Crippen molar-refractivity contribution in [3.05, 3.63) is 53.7 Å². The van der Waals surface area contributed by atoms with Gasteiger partial charge in [-0.25, -0.2) is 9.48 Å². The average molecular weight is 457 g/mol. The lowest BCUT2D eigenvalue weighted by atomic mass is 10.1. The molecule has 3 rings (SSSR count). The van der Waals surface area contributed by atoms with E-state index in [1.807, 2.05) is 58.0 Å². The van der Waals surface area contributed by atoms with Crippen molar-refractivity contribution < 1.29 is 23.7 Å². The van der Waals surface area contributed by atoms with Gasteiger partial charge in [0.15, 0.2) is 11.5 Å². The highest BCUT2D eigenvalue weighted by atomic mass is 32.2. The van der Waals surface area contributed by atoms with Crippen LogP contribution in [0.1, 0.15) is 36.8 Å². The lowest BCUT2D eigenvalue weighted by Crippen LogP contribution is -2.25. The number of methoxy groups -OCH3 is 3. The van der Waals surface area contributed by atoms with Crippen molar-refractivity contribution in [2.75, 3.05) is 21.3 Å². The molecule has 170 valence electrons. The molecule has 0 saturated carbocycles. The molecule has 0 unspecified atom stereocenters. The molecule has 3 aromatic rings. The fourth-order valence-electron chi connectivity index (χ4n) is 3.11. The van der Waals surface area contributed by atoms with Gasteiger partial charge in [-0.1, -0.05) is 30.0 Å². The maximum Gasteiger partial charge on any atom is 0.345 e. The van der Waals surface area contributed by atoms with Gasteiger partial charge in [-0.05, 0) is 52.0 Å². The minimum absolute atomic E-state index is 0.273. The SMILES string of the molecule is COc1cc(C(=O)Oc2c(Sc3ccccc3)c(C)nn2C(C)(C)C)cc(OC)c1OC. The highest BCUT2D eigenvalue weighted by Gasteiger charge is 2.28. The van der Waals surface area contributed by atoms with Gasteiger partial charge in [0.05, 0.1) is 43.0 Å². The zero-order valence-electron chi connectivity index (χ0n) is 19.4. The lowest BCUT2D eigenvalue weighted by molar-refractivity contribution is 0.0703. The standard InChI is InChI=1S/C24H28N2O5S/c1-15-21(32-17-11-9-8-10-12-17)22(26(25-15)24(2,3)4)31-23(27)16-13-18(28-5)20(30-7)19(14-16)29-6/h8-14H,1-7H3. The van der Waals surface area contributed by atoms with Crippen LogP contribution < -0.4 is 18.9 Å². The molecular formula is C24H28N2O5S. The molecule has 0 spiro atoms. The van der Waals surface area contributed by atoms with Crippen molar-refractivity contribution in [1.82, 2.24) is 9.78 Å². The number of hydrogen-bond acceptors (Lipinski definition) is 7. The van der Waals surface area contributed by atoms with Crippen LogP contribution in [0.2, 0.25) is 0 Å². The first-order valence-electron chi connectivity index (χ1n) is 10.0. The van der Waals surface area contributed by atoms with E-state index in [2.05, 4.69) is 5.10 Å². The van der Waals surface area contributed by atoms with Crippen molar-refractivity contribution in [3.8, 4) is 23.1 Å². The third kappa shape index (κ3) is 4.85. The molecule has 0 aliphatic rings. The third-order valence-corrected chi connectivity index (χ3v) is 5.84. The molecule has 1 aromatic heterocycles. The normalized spacial score (nSPS) is 11.2. The summed E-state index contributed by atoms with van der Waals surface area (Å²) in [7, 11) is 4.51. The molecule has 8 heteroatoms. The summed E-state index contributed by atoms with van der Waals surface area (Å²) < 4.78 is 23.8. The summed E-state index contributed by atoms with van der Waals surface area (Å²) >= 11 is 1.51. The molecule has 0 aliphatic carbocycles. The summed E-state index contributed by atoms with van der Waals surface area (Å²) in [6.45, 7) is 7.93. The quantitative estimate of drug-likeness (QED) is 0.444. The fourth-order valence-corrected chi connectivity index (χ4v) is 4.04. The topological polar surface area (TPSA) is 71.8 Å². The molecule has 1 heterocycles. The number of ether oxygens (including phenoxy) is 4. The van der Waals surface area contributed by atoms with Gasteiger partial charge in [0.2, 0.25) is 11.6 Å². The Bertz CT molecular complexity index is 1080. The lowest BCUT2D eigenvalue weighted by Gasteiger charge is -2.22. The zero-order valence-corrected chi connectivity index (χ0v) is 20.2. The van der Waals surface area contributed by atoms with Crippen LogP contribution >= 0.6 is 11.8 Å². The van der Waals surface area contributed by atoms with E-state index in [-0.39, 0.29) is 5.56 Å². The number of rotatable bonds is 7. The molecule has 7 nitrogen and oxygen atoms in total. The maximum absolute atomic E-state index is 13.2. The van der Waals surface area contributed by atoms with E-state index in [1.165, 1.54) is 33.1 Å². The highest BCUT2D eigenvalue weighted by molar-refractivity contribution is 7.99. The zero-order chi connectivity index (χ0) is 23.5. The third-order valence-electron chi connectivity index (χ3n) is 4.65. The largest absolute Gasteiger partial charge is 0.493 e. The van der Waals surface area contributed by atoms with Gasteiger partial charge in [0.25, 0.3) is 0 Å². The number of nitrogens with zero attached hydrogens (tertiary/aromatic N) is 2. The van der Waals surface area contributed by atoms with E-state index >= 15 is 0 Å². The van der Waals surface area contributed by atoms with Gasteiger partial charge >= 0.3 is 5.97 Å². The predicted octanol–water partition coefficient (Wildman–Crippen LogP) is 5.34. The molecule has 0 bridgehead atoms. The molecule has 0 aliphatic heterocycles. The Morgan fingerprint density at radius 3 is 2.06 bits per heavy atom. The Balaban J connectivity index is 2.05. The predicted molar refractivity (Wildman–Crippen MR) is 124 cm³/mol. The molecule has 0 fully saturated rings. The summed E-state index contributed by atoms with van der Waals surface area (Å²) in [5.41, 5.74) is 0.654. The monoisotopic (exact) mass is 456 g/mol. The second-order valence-corrected chi connectivity index (χ2v) is 9.10. The Morgan fingerprint density at radius 2 is 1.56 bits per heavy atom. The van der Waals surface area contributed by atoms with Crippen LogP contribution in [-0.4, -0.2) is 37.1 Å². The number of benzene rings is 2. The second-order valence-electron chi connectivity index (χ2n) is 8.02. The van der Waals surface area contributed by atoms with Crippen molar-refractivity contribution in [1.29, 1.82) is 0 Å². The number of carbonyl (C=O) groups excluding carboxylic acids is 1. The van der Waals surface area contributed by atoms with E-state index in [9.17, 15) is 4.79 Å². The van der Waals surface area contributed by atoms with Crippen LogP contribution in [0.4, 0.5) is 0 Å². The van der Waals surface area contributed by atoms with E-state index in [1.54, 1.807) is 16.8 Å². The van der Waals surface area contributed by atoms with Gasteiger partial charge in [-0.3, -0.25) is 0 Å². The first kappa shape index (κ1) is 23.5. The number of hydrogen-bond donors (Lipinski definition) is 0. The fraction of sp³-hybridized carbons (Fsp3) is 0.333. The van der Waals surface area contributed by atoms with E-state index in [4.69, 9.17) is 18.9 Å². The van der Waals surface area contributed by atoms with Crippen LogP contribution in [0.3, 0.4) is 0 Å².